The van der Waals surface area contributed by atoms with Gasteiger partial charge in [-0.2, -0.15) is 0 Å². The lowest BCUT2D eigenvalue weighted by atomic mass is 10.0. The molecule has 0 atom stereocenters. The molecule has 4 aromatic rings. The van der Waals surface area contributed by atoms with Crippen molar-refractivity contribution in [2.75, 3.05) is 11.9 Å². The van der Waals surface area contributed by atoms with Gasteiger partial charge in [0, 0.05) is 40.2 Å². The summed E-state index contributed by atoms with van der Waals surface area (Å²) in [5.74, 6) is -0.827. The highest BCUT2D eigenvalue weighted by atomic mass is 32.1. The Hall–Kier alpha value is -3.36. The molecule has 2 aromatic heterocycles. The second-order valence-electron chi connectivity index (χ2n) is 7.80. The Morgan fingerprint density at radius 3 is 2.79 bits per heavy atom. The van der Waals surface area contributed by atoms with E-state index < -0.39 is 5.91 Å². The van der Waals surface area contributed by atoms with E-state index in [1.54, 1.807) is 53.1 Å². The van der Waals surface area contributed by atoms with Gasteiger partial charge in [0.15, 0.2) is 0 Å². The highest BCUT2D eigenvalue weighted by Gasteiger charge is 2.24. The van der Waals surface area contributed by atoms with E-state index in [4.69, 9.17) is 0 Å². The van der Waals surface area contributed by atoms with E-state index in [1.807, 2.05) is 11.8 Å². The predicted octanol–water partition coefficient (Wildman–Crippen LogP) is 5.77. The first-order chi connectivity index (χ1) is 16.0. The molecule has 2 amide bonds. The molecular weight excluding hydrogens is 457 g/mol. The lowest BCUT2D eigenvalue weighted by molar-refractivity contribution is 0.0735. The van der Waals surface area contributed by atoms with Crippen molar-refractivity contribution in [1.82, 2.24) is 9.88 Å². The molecule has 33 heavy (non-hydrogen) atoms. The summed E-state index contributed by atoms with van der Waals surface area (Å²) in [4.78, 5) is 33.6. The molecule has 0 saturated heterocycles. The van der Waals surface area contributed by atoms with E-state index in [9.17, 15) is 14.0 Å². The molecular formula is C25H20FN3O2S2. The van der Waals surface area contributed by atoms with Gasteiger partial charge in [0.1, 0.15) is 16.5 Å². The fourth-order valence-corrected chi connectivity index (χ4v) is 5.63. The van der Waals surface area contributed by atoms with Gasteiger partial charge in [-0.3, -0.25) is 9.59 Å². The quantitative estimate of drug-likeness (QED) is 0.406. The van der Waals surface area contributed by atoms with Gasteiger partial charge in [-0.1, -0.05) is 18.2 Å². The van der Waals surface area contributed by atoms with Crippen LogP contribution in [-0.4, -0.2) is 28.2 Å². The van der Waals surface area contributed by atoms with Gasteiger partial charge >= 0.3 is 0 Å². The van der Waals surface area contributed by atoms with Gasteiger partial charge in [0.05, 0.1) is 0 Å². The monoisotopic (exact) mass is 477 g/mol. The number of carbonyl (C=O) groups excluding carboxylic acids is 2. The molecule has 0 bridgehead atoms. The Labute approximate surface area is 198 Å². The number of thiazole rings is 1. The van der Waals surface area contributed by atoms with Gasteiger partial charge in [-0.05, 0) is 60.2 Å². The Balaban J connectivity index is 1.34. The van der Waals surface area contributed by atoms with E-state index in [-0.39, 0.29) is 17.4 Å². The number of thiophene rings is 1. The molecule has 0 spiro atoms. The molecule has 5 nitrogen and oxygen atoms in total. The van der Waals surface area contributed by atoms with Gasteiger partial charge in [0.25, 0.3) is 11.8 Å². The molecule has 3 heterocycles. The van der Waals surface area contributed by atoms with Crippen LogP contribution in [-0.2, 0) is 13.0 Å². The average molecular weight is 478 g/mol. The maximum atomic E-state index is 14.1. The molecule has 0 fully saturated rings. The van der Waals surface area contributed by atoms with E-state index in [0.717, 1.165) is 6.42 Å². The summed E-state index contributed by atoms with van der Waals surface area (Å²) < 4.78 is 14.1. The van der Waals surface area contributed by atoms with Crippen LogP contribution in [0, 0.1) is 12.7 Å². The second-order valence-corrected chi connectivity index (χ2v) is 9.65. The van der Waals surface area contributed by atoms with Crippen molar-refractivity contribution in [3.05, 3.63) is 92.4 Å². The predicted molar refractivity (Wildman–Crippen MR) is 129 cm³/mol. The van der Waals surface area contributed by atoms with Crippen molar-refractivity contribution in [1.29, 1.82) is 0 Å². The number of hydrogen-bond donors (Lipinski definition) is 1. The lowest BCUT2D eigenvalue weighted by Crippen LogP contribution is -2.35. The Morgan fingerprint density at radius 1 is 1.09 bits per heavy atom. The van der Waals surface area contributed by atoms with Gasteiger partial charge in [-0.15, -0.1) is 22.7 Å². The molecule has 8 heteroatoms. The van der Waals surface area contributed by atoms with Crippen LogP contribution in [0.25, 0.3) is 10.6 Å². The van der Waals surface area contributed by atoms with E-state index in [1.165, 1.54) is 27.8 Å². The summed E-state index contributed by atoms with van der Waals surface area (Å²) in [6, 6.07) is 13.7. The summed E-state index contributed by atoms with van der Waals surface area (Å²) in [7, 11) is 0. The van der Waals surface area contributed by atoms with E-state index in [2.05, 4.69) is 21.7 Å². The molecule has 0 unspecified atom stereocenters. The Morgan fingerprint density at radius 2 is 1.94 bits per heavy atom. The van der Waals surface area contributed by atoms with Crippen molar-refractivity contribution < 1.29 is 14.0 Å². The number of carbonyl (C=O) groups is 2. The SMILES string of the molecule is Cc1c(NC(=O)c2csc(-c3ccccc3F)n2)cccc1C(=O)N1CCc2sccc2C1. The molecule has 5 rings (SSSR count). The van der Waals surface area contributed by atoms with Crippen LogP contribution in [0.1, 0.15) is 36.9 Å². The van der Waals surface area contributed by atoms with Crippen LogP contribution in [0.4, 0.5) is 10.1 Å². The first kappa shape index (κ1) is 21.5. The third kappa shape index (κ3) is 4.19. The second kappa shape index (κ2) is 8.88. The molecule has 0 radical (unpaired) electrons. The van der Waals surface area contributed by atoms with Crippen molar-refractivity contribution in [2.24, 2.45) is 0 Å². The number of halogens is 1. The molecule has 0 saturated carbocycles. The van der Waals surface area contributed by atoms with Crippen LogP contribution >= 0.6 is 22.7 Å². The molecule has 1 N–H and O–H groups in total. The van der Waals surface area contributed by atoms with Crippen molar-refractivity contribution >= 4 is 40.2 Å². The fraction of sp³-hybridized carbons (Fsp3) is 0.160. The molecule has 166 valence electrons. The Kier molecular flexibility index (Phi) is 5.78. The minimum Gasteiger partial charge on any atom is -0.334 e. The zero-order chi connectivity index (χ0) is 22.9. The Bertz CT molecular complexity index is 1360. The molecule has 0 aliphatic carbocycles. The third-order valence-electron chi connectivity index (χ3n) is 5.75. The number of hydrogen-bond acceptors (Lipinski definition) is 5. The van der Waals surface area contributed by atoms with E-state index in [0.29, 0.717) is 40.5 Å². The summed E-state index contributed by atoms with van der Waals surface area (Å²) in [5.41, 5.74) is 3.60. The number of benzene rings is 2. The van der Waals surface area contributed by atoms with Crippen LogP contribution in [0.3, 0.4) is 0 Å². The first-order valence-corrected chi connectivity index (χ1v) is 12.2. The highest BCUT2D eigenvalue weighted by molar-refractivity contribution is 7.13. The fourth-order valence-electron chi connectivity index (χ4n) is 3.92. The highest BCUT2D eigenvalue weighted by Crippen LogP contribution is 2.29. The number of nitrogens with one attached hydrogen (secondary N) is 1. The molecule has 1 aliphatic heterocycles. The van der Waals surface area contributed by atoms with Gasteiger partial charge in [-0.25, -0.2) is 9.37 Å². The van der Waals surface area contributed by atoms with Crippen LogP contribution in [0.2, 0.25) is 0 Å². The average Bonchev–Trinajstić information content (AvgIpc) is 3.49. The lowest BCUT2D eigenvalue weighted by Gasteiger charge is -2.28. The van der Waals surface area contributed by atoms with Crippen LogP contribution < -0.4 is 5.32 Å². The minimum absolute atomic E-state index is 0.0454. The van der Waals surface area contributed by atoms with E-state index >= 15 is 0 Å². The van der Waals surface area contributed by atoms with Crippen molar-refractivity contribution in [2.45, 2.75) is 19.9 Å². The van der Waals surface area contributed by atoms with Gasteiger partial charge < -0.3 is 10.2 Å². The number of fused-ring (bicyclic) bond motifs is 1. The third-order valence-corrected chi connectivity index (χ3v) is 7.65. The normalized spacial score (nSPS) is 13.0. The zero-order valence-electron chi connectivity index (χ0n) is 17.8. The maximum Gasteiger partial charge on any atom is 0.275 e. The first-order valence-electron chi connectivity index (χ1n) is 10.5. The number of anilines is 1. The summed E-state index contributed by atoms with van der Waals surface area (Å²) in [5, 5.41) is 6.97. The number of rotatable bonds is 4. The smallest absolute Gasteiger partial charge is 0.275 e. The molecule has 2 aromatic carbocycles. The largest absolute Gasteiger partial charge is 0.334 e. The van der Waals surface area contributed by atoms with Crippen LogP contribution in [0.15, 0.2) is 59.3 Å². The molecule has 1 aliphatic rings. The van der Waals surface area contributed by atoms with Gasteiger partial charge in [0.2, 0.25) is 0 Å². The maximum absolute atomic E-state index is 14.1. The zero-order valence-corrected chi connectivity index (χ0v) is 19.4. The number of nitrogens with zero attached hydrogens (tertiary/aromatic N) is 2. The summed E-state index contributed by atoms with van der Waals surface area (Å²) >= 11 is 2.94. The topological polar surface area (TPSA) is 62.3 Å². The van der Waals surface area contributed by atoms with Crippen molar-refractivity contribution in [3.63, 3.8) is 0 Å². The number of aromatic nitrogens is 1. The standard InChI is InChI=1S/C25H20FN3O2S2/c1-15-17(25(31)29-11-9-22-16(13-29)10-12-32-22)6-4-8-20(15)27-23(30)21-14-33-24(28-21)18-5-2-3-7-19(18)26/h2-8,10,12,14H,9,11,13H2,1H3,(H,27,30). The summed E-state index contributed by atoms with van der Waals surface area (Å²) in [6.07, 6.45) is 0.863. The van der Waals surface area contributed by atoms with Crippen molar-refractivity contribution in [3.8, 4) is 10.6 Å². The minimum atomic E-state index is -0.401. The number of amides is 2. The van der Waals surface area contributed by atoms with Crippen LogP contribution in [0.5, 0.6) is 0 Å². The summed E-state index contributed by atoms with van der Waals surface area (Å²) in [6.45, 7) is 3.11.